The van der Waals surface area contributed by atoms with Gasteiger partial charge in [0.25, 0.3) is 0 Å². The summed E-state index contributed by atoms with van der Waals surface area (Å²) < 4.78 is 10.6. The van der Waals surface area contributed by atoms with E-state index in [0.29, 0.717) is 18.0 Å². The average Bonchev–Trinajstić information content (AvgIpc) is 2.72. The van der Waals surface area contributed by atoms with Crippen LogP contribution >= 0.6 is 0 Å². The molecule has 1 aromatic heterocycles. The SMILES string of the molecule is COc1ccc(CNc2cc(NCCc3ccccc3)nc(C)n2)cc1OC. The minimum Gasteiger partial charge on any atom is -0.493 e. The first-order chi connectivity index (χ1) is 13.7. The molecule has 6 nitrogen and oxygen atoms in total. The summed E-state index contributed by atoms with van der Waals surface area (Å²) in [5.41, 5.74) is 2.38. The van der Waals surface area contributed by atoms with Crippen molar-refractivity contribution in [1.82, 2.24) is 9.97 Å². The van der Waals surface area contributed by atoms with Crippen molar-refractivity contribution in [3.8, 4) is 11.5 Å². The third-order valence-corrected chi connectivity index (χ3v) is 4.32. The summed E-state index contributed by atoms with van der Waals surface area (Å²) in [5, 5.41) is 6.73. The van der Waals surface area contributed by atoms with Gasteiger partial charge in [-0.15, -0.1) is 0 Å². The maximum Gasteiger partial charge on any atom is 0.161 e. The highest BCUT2D eigenvalue weighted by Gasteiger charge is 2.06. The maximum atomic E-state index is 5.36. The molecule has 0 amide bonds. The van der Waals surface area contributed by atoms with Crippen LogP contribution in [0.3, 0.4) is 0 Å². The first-order valence-corrected chi connectivity index (χ1v) is 9.26. The lowest BCUT2D eigenvalue weighted by molar-refractivity contribution is 0.354. The summed E-state index contributed by atoms with van der Waals surface area (Å²) in [6.07, 6.45) is 0.943. The van der Waals surface area contributed by atoms with Gasteiger partial charge in [0.15, 0.2) is 11.5 Å². The van der Waals surface area contributed by atoms with Crippen LogP contribution in [0.2, 0.25) is 0 Å². The van der Waals surface area contributed by atoms with E-state index in [2.05, 4.69) is 44.9 Å². The van der Waals surface area contributed by atoms with Gasteiger partial charge >= 0.3 is 0 Å². The van der Waals surface area contributed by atoms with Crippen molar-refractivity contribution in [2.24, 2.45) is 0 Å². The smallest absolute Gasteiger partial charge is 0.161 e. The van der Waals surface area contributed by atoms with E-state index in [1.54, 1.807) is 14.2 Å². The van der Waals surface area contributed by atoms with Crippen LogP contribution in [0.15, 0.2) is 54.6 Å². The molecule has 0 saturated heterocycles. The number of ether oxygens (including phenoxy) is 2. The Morgan fingerprint density at radius 3 is 2.21 bits per heavy atom. The van der Waals surface area contributed by atoms with Crippen LogP contribution in [-0.4, -0.2) is 30.7 Å². The van der Waals surface area contributed by atoms with E-state index in [4.69, 9.17) is 9.47 Å². The van der Waals surface area contributed by atoms with E-state index >= 15 is 0 Å². The van der Waals surface area contributed by atoms with Crippen LogP contribution in [0.25, 0.3) is 0 Å². The van der Waals surface area contributed by atoms with Gasteiger partial charge in [-0.3, -0.25) is 0 Å². The Kier molecular flexibility index (Phi) is 6.68. The van der Waals surface area contributed by atoms with E-state index in [1.165, 1.54) is 5.56 Å². The second-order valence-electron chi connectivity index (χ2n) is 6.39. The molecule has 0 aliphatic heterocycles. The lowest BCUT2D eigenvalue weighted by Gasteiger charge is -2.12. The van der Waals surface area contributed by atoms with Gasteiger partial charge in [-0.1, -0.05) is 36.4 Å². The van der Waals surface area contributed by atoms with Gasteiger partial charge in [0.05, 0.1) is 14.2 Å². The monoisotopic (exact) mass is 378 g/mol. The van der Waals surface area contributed by atoms with Crippen molar-refractivity contribution >= 4 is 11.6 Å². The lowest BCUT2D eigenvalue weighted by Crippen LogP contribution is -2.09. The fourth-order valence-electron chi connectivity index (χ4n) is 2.91. The van der Waals surface area contributed by atoms with Gasteiger partial charge in [-0.05, 0) is 36.6 Å². The van der Waals surface area contributed by atoms with Crippen LogP contribution in [0.4, 0.5) is 11.6 Å². The normalized spacial score (nSPS) is 10.4. The standard InChI is InChI=1S/C22H26N4O2/c1-16-25-21(23-12-11-17-7-5-4-6-8-17)14-22(26-16)24-15-18-9-10-19(27-2)20(13-18)28-3/h4-10,13-14H,11-12,15H2,1-3H3,(H2,23,24,25,26). The molecular formula is C22H26N4O2. The number of hydrogen-bond acceptors (Lipinski definition) is 6. The fourth-order valence-corrected chi connectivity index (χ4v) is 2.91. The second kappa shape index (κ2) is 9.60. The van der Waals surface area contributed by atoms with Gasteiger partial charge < -0.3 is 20.1 Å². The molecule has 2 N–H and O–H groups in total. The van der Waals surface area contributed by atoms with Crippen molar-refractivity contribution in [1.29, 1.82) is 0 Å². The zero-order valence-corrected chi connectivity index (χ0v) is 16.5. The summed E-state index contributed by atoms with van der Waals surface area (Å²) in [6.45, 7) is 3.33. The first kappa shape index (κ1) is 19.5. The number of nitrogens with zero attached hydrogens (tertiary/aromatic N) is 2. The average molecular weight is 378 g/mol. The summed E-state index contributed by atoms with van der Waals surface area (Å²) in [5.74, 6) is 3.75. The number of rotatable bonds is 9. The van der Waals surface area contributed by atoms with Crippen molar-refractivity contribution in [2.45, 2.75) is 19.9 Å². The molecule has 0 fully saturated rings. The number of nitrogens with one attached hydrogen (secondary N) is 2. The quantitative estimate of drug-likeness (QED) is 0.585. The summed E-state index contributed by atoms with van der Waals surface area (Å²) in [6, 6.07) is 18.2. The van der Waals surface area contributed by atoms with E-state index in [9.17, 15) is 0 Å². The molecule has 0 spiro atoms. The Balaban J connectivity index is 1.60. The molecule has 0 unspecified atom stereocenters. The zero-order valence-electron chi connectivity index (χ0n) is 16.5. The first-order valence-electron chi connectivity index (χ1n) is 9.26. The van der Waals surface area contributed by atoms with Crippen molar-refractivity contribution < 1.29 is 9.47 Å². The van der Waals surface area contributed by atoms with Crippen LogP contribution in [0.1, 0.15) is 17.0 Å². The number of aryl methyl sites for hydroxylation is 1. The Bertz CT molecular complexity index is 900. The minimum atomic E-state index is 0.625. The van der Waals surface area contributed by atoms with Gasteiger partial charge in [-0.25, -0.2) is 9.97 Å². The predicted octanol–water partition coefficient (Wildman–Crippen LogP) is 4.07. The summed E-state index contributed by atoms with van der Waals surface area (Å²) in [7, 11) is 3.27. The number of methoxy groups -OCH3 is 2. The molecule has 3 aromatic rings. The van der Waals surface area contributed by atoms with E-state index in [0.717, 1.165) is 36.0 Å². The zero-order chi connectivity index (χ0) is 19.8. The third-order valence-electron chi connectivity index (χ3n) is 4.32. The molecule has 3 rings (SSSR count). The molecule has 1 heterocycles. The highest BCUT2D eigenvalue weighted by molar-refractivity contribution is 5.49. The number of aromatic nitrogens is 2. The Hall–Kier alpha value is -3.28. The minimum absolute atomic E-state index is 0.625. The molecule has 0 aliphatic carbocycles. The van der Waals surface area contributed by atoms with Crippen LogP contribution in [-0.2, 0) is 13.0 Å². The topological polar surface area (TPSA) is 68.3 Å². The van der Waals surface area contributed by atoms with Crippen molar-refractivity contribution in [3.63, 3.8) is 0 Å². The summed E-state index contributed by atoms with van der Waals surface area (Å²) >= 11 is 0. The molecule has 0 aliphatic rings. The molecule has 146 valence electrons. The number of hydrogen-bond donors (Lipinski definition) is 2. The molecule has 0 bridgehead atoms. The Labute approximate surface area is 166 Å². The molecule has 0 saturated carbocycles. The fraction of sp³-hybridized carbons (Fsp3) is 0.273. The van der Waals surface area contributed by atoms with Gasteiger partial charge in [0, 0.05) is 19.2 Å². The predicted molar refractivity (Wildman–Crippen MR) is 112 cm³/mol. The van der Waals surface area contributed by atoms with E-state index < -0.39 is 0 Å². The van der Waals surface area contributed by atoms with E-state index in [-0.39, 0.29) is 0 Å². The van der Waals surface area contributed by atoms with Crippen molar-refractivity contribution in [2.75, 3.05) is 31.4 Å². The molecule has 0 radical (unpaired) electrons. The molecule has 28 heavy (non-hydrogen) atoms. The third kappa shape index (κ3) is 5.36. The van der Waals surface area contributed by atoms with Crippen LogP contribution < -0.4 is 20.1 Å². The Morgan fingerprint density at radius 2 is 1.50 bits per heavy atom. The lowest BCUT2D eigenvalue weighted by atomic mass is 10.1. The largest absolute Gasteiger partial charge is 0.493 e. The van der Waals surface area contributed by atoms with Crippen molar-refractivity contribution in [3.05, 3.63) is 71.5 Å². The number of anilines is 2. The van der Waals surface area contributed by atoms with E-state index in [1.807, 2.05) is 37.3 Å². The van der Waals surface area contributed by atoms with Gasteiger partial charge in [-0.2, -0.15) is 0 Å². The van der Waals surface area contributed by atoms with Gasteiger partial charge in [0.1, 0.15) is 17.5 Å². The molecule has 0 atom stereocenters. The molecular weight excluding hydrogens is 352 g/mol. The molecule has 6 heteroatoms. The van der Waals surface area contributed by atoms with Crippen LogP contribution in [0.5, 0.6) is 11.5 Å². The number of benzene rings is 2. The maximum absolute atomic E-state index is 5.36. The Morgan fingerprint density at radius 1 is 0.786 bits per heavy atom. The highest BCUT2D eigenvalue weighted by atomic mass is 16.5. The molecule has 2 aromatic carbocycles. The highest BCUT2D eigenvalue weighted by Crippen LogP contribution is 2.27. The summed E-state index contributed by atoms with van der Waals surface area (Å²) in [4.78, 5) is 8.94. The van der Waals surface area contributed by atoms with Crippen LogP contribution in [0, 0.1) is 6.92 Å². The van der Waals surface area contributed by atoms with Gasteiger partial charge in [0.2, 0.25) is 0 Å². The second-order valence-corrected chi connectivity index (χ2v) is 6.39.